The summed E-state index contributed by atoms with van der Waals surface area (Å²) in [5.74, 6) is 7.79. The van der Waals surface area contributed by atoms with E-state index in [4.69, 9.17) is 0 Å². The van der Waals surface area contributed by atoms with Crippen LogP contribution >= 0.6 is 0 Å². The summed E-state index contributed by atoms with van der Waals surface area (Å²) in [5.41, 5.74) is 1.82. The van der Waals surface area contributed by atoms with Gasteiger partial charge >= 0.3 is 0 Å². The standard InChI is InChI=1S/C30H54/c1-20(2)10-9-11-21(3)24-13-14-25-23-12-15-27-28(5,6)22(4)16-18-30(27,8)26(23)17-19-29(24,25)7/h20-27H,9-19H2,1-8H3. The summed E-state index contributed by atoms with van der Waals surface area (Å²) < 4.78 is 0. The molecule has 4 saturated carbocycles. The fourth-order valence-corrected chi connectivity index (χ4v) is 10.3. The highest BCUT2D eigenvalue weighted by Crippen LogP contribution is 2.70. The van der Waals surface area contributed by atoms with E-state index in [-0.39, 0.29) is 0 Å². The largest absolute Gasteiger partial charge is 0.0628 e. The Morgan fingerprint density at radius 2 is 1.40 bits per heavy atom. The van der Waals surface area contributed by atoms with Crippen molar-refractivity contribution >= 4 is 0 Å². The minimum Gasteiger partial charge on any atom is -0.0628 e. The van der Waals surface area contributed by atoms with Gasteiger partial charge in [0.15, 0.2) is 0 Å². The molecule has 0 bridgehead atoms. The molecule has 9 atom stereocenters. The lowest BCUT2D eigenvalue weighted by Crippen LogP contribution is -2.57. The van der Waals surface area contributed by atoms with Crippen LogP contribution in [-0.4, -0.2) is 0 Å². The van der Waals surface area contributed by atoms with E-state index in [0.29, 0.717) is 16.2 Å². The smallest absolute Gasteiger partial charge is 0.0261 e. The molecule has 4 fully saturated rings. The fourth-order valence-electron chi connectivity index (χ4n) is 10.3. The van der Waals surface area contributed by atoms with Gasteiger partial charge in [0.05, 0.1) is 0 Å². The highest BCUT2D eigenvalue weighted by molar-refractivity contribution is 5.11. The molecule has 30 heavy (non-hydrogen) atoms. The maximum atomic E-state index is 2.76. The minimum absolute atomic E-state index is 0.544. The molecule has 0 aromatic rings. The molecule has 0 aliphatic heterocycles. The summed E-state index contributed by atoms with van der Waals surface area (Å²) >= 11 is 0. The van der Waals surface area contributed by atoms with Crippen molar-refractivity contribution in [3.63, 3.8) is 0 Å². The number of hydrogen-bond donors (Lipinski definition) is 0. The maximum absolute atomic E-state index is 2.76. The van der Waals surface area contributed by atoms with Crippen LogP contribution in [0.5, 0.6) is 0 Å². The van der Waals surface area contributed by atoms with Crippen LogP contribution in [0, 0.1) is 63.6 Å². The van der Waals surface area contributed by atoms with Crippen LogP contribution < -0.4 is 0 Å². The van der Waals surface area contributed by atoms with E-state index in [1.807, 2.05) is 0 Å². The Bertz CT molecular complexity index is 601. The van der Waals surface area contributed by atoms with Gasteiger partial charge in [0.25, 0.3) is 0 Å². The first kappa shape index (κ1) is 23.2. The van der Waals surface area contributed by atoms with Crippen LogP contribution in [0.1, 0.15) is 126 Å². The van der Waals surface area contributed by atoms with Gasteiger partial charge in [-0.2, -0.15) is 0 Å². The van der Waals surface area contributed by atoms with E-state index in [0.717, 1.165) is 47.3 Å². The third-order valence-electron chi connectivity index (χ3n) is 12.4. The van der Waals surface area contributed by atoms with E-state index in [1.54, 1.807) is 19.3 Å². The lowest BCUT2D eigenvalue weighted by molar-refractivity contribution is -0.161. The molecule has 4 rings (SSSR count). The summed E-state index contributed by atoms with van der Waals surface area (Å²) in [6, 6.07) is 0. The first-order chi connectivity index (χ1) is 14.0. The van der Waals surface area contributed by atoms with Crippen molar-refractivity contribution in [2.45, 2.75) is 126 Å². The summed E-state index contributed by atoms with van der Waals surface area (Å²) in [6.45, 7) is 20.7. The molecule has 0 aromatic heterocycles. The van der Waals surface area contributed by atoms with Gasteiger partial charge < -0.3 is 0 Å². The zero-order chi connectivity index (χ0) is 21.9. The van der Waals surface area contributed by atoms with Gasteiger partial charge in [-0.1, -0.05) is 74.7 Å². The molecule has 0 nitrogen and oxygen atoms in total. The van der Waals surface area contributed by atoms with E-state index < -0.39 is 0 Å². The molecule has 0 N–H and O–H groups in total. The van der Waals surface area contributed by atoms with E-state index >= 15 is 0 Å². The molecule has 0 saturated heterocycles. The molecular formula is C30H54. The van der Waals surface area contributed by atoms with Crippen LogP contribution in [0.25, 0.3) is 0 Å². The average Bonchev–Trinajstić information content (AvgIpc) is 3.02. The predicted octanol–water partition coefficient (Wildman–Crippen LogP) is 9.38. The van der Waals surface area contributed by atoms with Crippen LogP contribution in [-0.2, 0) is 0 Å². The zero-order valence-corrected chi connectivity index (χ0v) is 21.9. The van der Waals surface area contributed by atoms with E-state index in [2.05, 4.69) is 55.4 Å². The Balaban J connectivity index is 1.50. The summed E-state index contributed by atoms with van der Waals surface area (Å²) in [4.78, 5) is 0. The Labute approximate surface area is 189 Å². The van der Waals surface area contributed by atoms with Crippen molar-refractivity contribution in [2.75, 3.05) is 0 Å². The van der Waals surface area contributed by atoms with Gasteiger partial charge in [-0.05, 0) is 115 Å². The normalized spacial score (nSPS) is 48.7. The number of fused-ring (bicyclic) bond motifs is 5. The summed E-state index contributed by atoms with van der Waals surface area (Å²) in [6.07, 6.45) is 16.6. The second-order valence-corrected chi connectivity index (χ2v) is 14.3. The molecule has 0 aromatic carbocycles. The first-order valence-electron chi connectivity index (χ1n) is 14.0. The third-order valence-corrected chi connectivity index (χ3v) is 12.4. The van der Waals surface area contributed by atoms with Crippen LogP contribution in [0.15, 0.2) is 0 Å². The predicted molar refractivity (Wildman–Crippen MR) is 131 cm³/mol. The molecule has 0 spiro atoms. The highest BCUT2D eigenvalue weighted by Gasteiger charge is 2.62. The van der Waals surface area contributed by atoms with Crippen LogP contribution in [0.2, 0.25) is 0 Å². The first-order valence-corrected chi connectivity index (χ1v) is 14.0. The van der Waals surface area contributed by atoms with Gasteiger partial charge in [-0.25, -0.2) is 0 Å². The molecule has 4 aliphatic carbocycles. The number of hydrogen-bond acceptors (Lipinski definition) is 0. The van der Waals surface area contributed by atoms with Gasteiger partial charge in [-0.3, -0.25) is 0 Å². The SMILES string of the molecule is CC(C)CCCC(C)C1CCC2C3CCC4C(C)(C)C(C)CCC4(C)C3CCC12C. The summed E-state index contributed by atoms with van der Waals surface area (Å²) in [5, 5.41) is 0. The quantitative estimate of drug-likeness (QED) is 0.420. The van der Waals surface area contributed by atoms with Crippen molar-refractivity contribution in [1.29, 1.82) is 0 Å². The fraction of sp³-hybridized carbons (Fsp3) is 1.00. The van der Waals surface area contributed by atoms with E-state index in [9.17, 15) is 0 Å². The van der Waals surface area contributed by atoms with Crippen molar-refractivity contribution < 1.29 is 0 Å². The topological polar surface area (TPSA) is 0 Å². The Kier molecular flexibility index (Phi) is 6.25. The molecule has 0 amide bonds. The van der Waals surface area contributed by atoms with Crippen LogP contribution in [0.4, 0.5) is 0 Å². The highest BCUT2D eigenvalue weighted by atomic mass is 14.7. The lowest BCUT2D eigenvalue weighted by Gasteiger charge is -2.65. The maximum Gasteiger partial charge on any atom is -0.0261 e. The lowest BCUT2D eigenvalue weighted by atomic mass is 9.40. The number of rotatable bonds is 5. The van der Waals surface area contributed by atoms with Crippen molar-refractivity contribution in [2.24, 2.45) is 63.6 Å². The monoisotopic (exact) mass is 414 g/mol. The Morgan fingerprint density at radius 3 is 2.10 bits per heavy atom. The van der Waals surface area contributed by atoms with Gasteiger partial charge in [0.1, 0.15) is 0 Å². The molecule has 174 valence electrons. The van der Waals surface area contributed by atoms with Gasteiger partial charge in [-0.15, -0.1) is 0 Å². The van der Waals surface area contributed by atoms with Crippen molar-refractivity contribution in [3.05, 3.63) is 0 Å². The van der Waals surface area contributed by atoms with Crippen LogP contribution in [0.3, 0.4) is 0 Å². The second kappa shape index (κ2) is 8.09. The average molecular weight is 415 g/mol. The Hall–Kier alpha value is 0. The van der Waals surface area contributed by atoms with Gasteiger partial charge in [0, 0.05) is 0 Å². The Morgan fingerprint density at radius 1 is 0.733 bits per heavy atom. The zero-order valence-electron chi connectivity index (χ0n) is 21.9. The molecule has 4 aliphatic rings. The van der Waals surface area contributed by atoms with E-state index in [1.165, 1.54) is 51.4 Å². The molecule has 0 radical (unpaired) electrons. The minimum atomic E-state index is 0.544. The van der Waals surface area contributed by atoms with Gasteiger partial charge in [0.2, 0.25) is 0 Å². The molecule has 0 heterocycles. The molecule has 9 unspecified atom stereocenters. The third kappa shape index (κ3) is 3.53. The molecule has 0 heteroatoms. The molecular weight excluding hydrogens is 360 g/mol. The van der Waals surface area contributed by atoms with Crippen molar-refractivity contribution in [3.8, 4) is 0 Å². The second-order valence-electron chi connectivity index (χ2n) is 14.3. The van der Waals surface area contributed by atoms with Crippen molar-refractivity contribution in [1.82, 2.24) is 0 Å². The summed E-state index contributed by atoms with van der Waals surface area (Å²) in [7, 11) is 0.